The van der Waals surface area contributed by atoms with E-state index in [1.807, 2.05) is 0 Å². The summed E-state index contributed by atoms with van der Waals surface area (Å²) in [5, 5.41) is 21.8. The fraction of sp³-hybridized carbons (Fsp3) is 0.455. The first-order chi connectivity index (χ1) is 7.20. The smallest absolute Gasteiger partial charge is 0.206 e. The van der Waals surface area contributed by atoms with Gasteiger partial charge in [0.05, 0.1) is 0 Å². The molecule has 15 heavy (non-hydrogen) atoms. The van der Waals surface area contributed by atoms with Crippen molar-refractivity contribution >= 4 is 0 Å². The van der Waals surface area contributed by atoms with E-state index < -0.39 is 17.3 Å². The van der Waals surface area contributed by atoms with E-state index in [1.165, 1.54) is 6.07 Å². The molecule has 1 aromatic carbocycles. The maximum absolute atomic E-state index is 13.2. The van der Waals surface area contributed by atoms with Crippen molar-refractivity contribution < 1.29 is 14.6 Å². The van der Waals surface area contributed by atoms with Gasteiger partial charge in [0.25, 0.3) is 0 Å². The van der Waals surface area contributed by atoms with Gasteiger partial charge in [0.2, 0.25) is 5.82 Å². The Balaban J connectivity index is 2.31. The van der Waals surface area contributed by atoms with E-state index in [-0.39, 0.29) is 5.92 Å². The predicted octanol–water partition coefficient (Wildman–Crippen LogP) is 1.70. The van der Waals surface area contributed by atoms with Gasteiger partial charge in [-0.1, -0.05) is 6.07 Å². The number of rotatable bonds is 1. The Bertz CT molecular complexity index is 362. The normalized spacial score (nSPS) is 21.5. The third-order valence-corrected chi connectivity index (χ3v) is 2.86. The zero-order chi connectivity index (χ0) is 10.8. The van der Waals surface area contributed by atoms with Gasteiger partial charge in [0.15, 0.2) is 11.5 Å². The fourth-order valence-electron chi connectivity index (χ4n) is 2.02. The van der Waals surface area contributed by atoms with Crippen LogP contribution in [0, 0.1) is 5.82 Å². The maximum atomic E-state index is 13.2. The van der Waals surface area contributed by atoms with Gasteiger partial charge >= 0.3 is 0 Å². The van der Waals surface area contributed by atoms with E-state index >= 15 is 0 Å². The minimum Gasteiger partial charge on any atom is -0.505 e. The van der Waals surface area contributed by atoms with E-state index in [1.54, 1.807) is 6.07 Å². The molecule has 0 aliphatic carbocycles. The highest BCUT2D eigenvalue weighted by Gasteiger charge is 2.21. The molecule has 3 N–H and O–H groups in total. The van der Waals surface area contributed by atoms with Crippen molar-refractivity contribution in [3.05, 3.63) is 23.5 Å². The molecular weight excluding hydrogens is 197 g/mol. The molecule has 1 atom stereocenters. The number of phenolic OH excluding ortho intramolecular Hbond substituents is 2. The monoisotopic (exact) mass is 211 g/mol. The van der Waals surface area contributed by atoms with Crippen LogP contribution in [-0.4, -0.2) is 23.3 Å². The Morgan fingerprint density at radius 2 is 2.13 bits per heavy atom. The number of phenols is 2. The van der Waals surface area contributed by atoms with Crippen LogP contribution in [0.2, 0.25) is 0 Å². The summed E-state index contributed by atoms with van der Waals surface area (Å²) in [4.78, 5) is 0. The summed E-state index contributed by atoms with van der Waals surface area (Å²) in [6.07, 6.45) is 1.96. The second kappa shape index (κ2) is 4.06. The van der Waals surface area contributed by atoms with Crippen LogP contribution < -0.4 is 5.32 Å². The molecule has 1 heterocycles. The van der Waals surface area contributed by atoms with Crippen molar-refractivity contribution in [1.82, 2.24) is 5.32 Å². The van der Waals surface area contributed by atoms with Crippen molar-refractivity contribution in [2.45, 2.75) is 18.8 Å². The summed E-state index contributed by atoms with van der Waals surface area (Å²) in [5.74, 6) is -1.70. The van der Waals surface area contributed by atoms with Crippen LogP contribution in [-0.2, 0) is 0 Å². The molecule has 0 aromatic heterocycles. The molecule has 3 nitrogen and oxygen atoms in total. The molecule has 82 valence electrons. The molecule has 2 rings (SSSR count). The molecule has 1 aliphatic rings. The molecule has 1 aliphatic heterocycles. The van der Waals surface area contributed by atoms with E-state index in [9.17, 15) is 9.50 Å². The first kappa shape index (κ1) is 10.2. The lowest BCUT2D eigenvalue weighted by Crippen LogP contribution is -2.28. The van der Waals surface area contributed by atoms with Crippen LogP contribution >= 0.6 is 0 Å². The second-order valence-electron chi connectivity index (χ2n) is 3.88. The molecule has 0 saturated carbocycles. The standard InChI is InChI=1S/C11H14FNO2/c12-10-9(14)4-3-8(11(10)15)7-2-1-5-13-6-7/h3-4,7,13-15H,1-2,5-6H2. The number of hydrogen-bond acceptors (Lipinski definition) is 3. The molecule has 1 aromatic rings. The summed E-state index contributed by atoms with van der Waals surface area (Å²) in [6.45, 7) is 1.72. The molecule has 0 radical (unpaired) electrons. The summed E-state index contributed by atoms with van der Waals surface area (Å²) in [7, 11) is 0. The van der Waals surface area contributed by atoms with Gasteiger partial charge in [-0.2, -0.15) is 4.39 Å². The second-order valence-corrected chi connectivity index (χ2v) is 3.88. The highest BCUT2D eigenvalue weighted by molar-refractivity contribution is 5.43. The quantitative estimate of drug-likeness (QED) is 0.662. The van der Waals surface area contributed by atoms with Crippen molar-refractivity contribution in [2.75, 3.05) is 13.1 Å². The van der Waals surface area contributed by atoms with Crippen molar-refractivity contribution in [3.8, 4) is 11.5 Å². The van der Waals surface area contributed by atoms with Crippen LogP contribution in [0.4, 0.5) is 4.39 Å². The van der Waals surface area contributed by atoms with Crippen molar-refractivity contribution in [2.24, 2.45) is 0 Å². The molecule has 1 unspecified atom stereocenters. The Kier molecular flexibility index (Phi) is 2.77. The van der Waals surface area contributed by atoms with Crippen LogP contribution in [0.25, 0.3) is 0 Å². The van der Waals surface area contributed by atoms with Crippen LogP contribution in [0.15, 0.2) is 12.1 Å². The molecule has 0 bridgehead atoms. The molecular formula is C11H14FNO2. The van der Waals surface area contributed by atoms with Gasteiger partial charge in [0.1, 0.15) is 0 Å². The first-order valence-corrected chi connectivity index (χ1v) is 5.11. The van der Waals surface area contributed by atoms with E-state index in [2.05, 4.69) is 5.32 Å². The molecule has 1 saturated heterocycles. The fourth-order valence-corrected chi connectivity index (χ4v) is 2.02. The van der Waals surface area contributed by atoms with Gasteiger partial charge < -0.3 is 15.5 Å². The van der Waals surface area contributed by atoms with Gasteiger partial charge in [-0.3, -0.25) is 0 Å². The predicted molar refractivity (Wildman–Crippen MR) is 54.6 cm³/mol. The van der Waals surface area contributed by atoms with Crippen LogP contribution in [0.1, 0.15) is 24.3 Å². The maximum Gasteiger partial charge on any atom is 0.206 e. The molecule has 4 heteroatoms. The number of piperidine rings is 1. The highest BCUT2D eigenvalue weighted by atomic mass is 19.1. The topological polar surface area (TPSA) is 52.5 Å². The number of hydrogen-bond donors (Lipinski definition) is 3. The van der Waals surface area contributed by atoms with Gasteiger partial charge in [-0.15, -0.1) is 0 Å². The lowest BCUT2D eigenvalue weighted by atomic mass is 9.91. The zero-order valence-corrected chi connectivity index (χ0v) is 8.33. The van der Waals surface area contributed by atoms with Crippen molar-refractivity contribution in [3.63, 3.8) is 0 Å². The van der Waals surface area contributed by atoms with Crippen LogP contribution in [0.5, 0.6) is 11.5 Å². The third-order valence-electron chi connectivity index (χ3n) is 2.86. The van der Waals surface area contributed by atoms with Gasteiger partial charge in [-0.25, -0.2) is 0 Å². The highest BCUT2D eigenvalue weighted by Crippen LogP contribution is 2.35. The molecule has 0 spiro atoms. The summed E-state index contributed by atoms with van der Waals surface area (Å²) >= 11 is 0. The lowest BCUT2D eigenvalue weighted by Gasteiger charge is -2.23. The average Bonchev–Trinajstić information content (AvgIpc) is 2.27. The molecule has 1 fully saturated rings. The minimum absolute atomic E-state index is 0.133. The number of nitrogens with one attached hydrogen (secondary N) is 1. The minimum atomic E-state index is -0.918. The lowest BCUT2D eigenvalue weighted by molar-refractivity contribution is 0.374. The van der Waals surface area contributed by atoms with Gasteiger partial charge in [-0.05, 0) is 25.5 Å². The average molecular weight is 211 g/mol. The first-order valence-electron chi connectivity index (χ1n) is 5.11. The number of aromatic hydroxyl groups is 2. The Morgan fingerprint density at radius 1 is 1.33 bits per heavy atom. The van der Waals surface area contributed by atoms with Gasteiger partial charge in [0, 0.05) is 18.0 Å². The number of halogens is 1. The van der Waals surface area contributed by atoms with Crippen LogP contribution in [0.3, 0.4) is 0 Å². The van der Waals surface area contributed by atoms with E-state index in [0.29, 0.717) is 5.56 Å². The Hall–Kier alpha value is -1.29. The van der Waals surface area contributed by atoms with Crippen molar-refractivity contribution in [1.29, 1.82) is 0 Å². The Labute approximate surface area is 87.6 Å². The largest absolute Gasteiger partial charge is 0.505 e. The van der Waals surface area contributed by atoms with E-state index in [0.717, 1.165) is 25.9 Å². The molecule has 0 amide bonds. The third kappa shape index (κ3) is 1.90. The Morgan fingerprint density at radius 3 is 2.80 bits per heavy atom. The van der Waals surface area contributed by atoms with E-state index in [4.69, 9.17) is 5.11 Å². The SMILES string of the molecule is Oc1ccc(C2CCCNC2)c(O)c1F. The summed E-state index contributed by atoms with van der Waals surface area (Å²) < 4.78 is 13.2. The zero-order valence-electron chi connectivity index (χ0n) is 8.33. The summed E-state index contributed by atoms with van der Waals surface area (Å²) in [5.41, 5.74) is 0.581. The number of benzene rings is 1. The summed E-state index contributed by atoms with van der Waals surface area (Å²) in [6, 6.07) is 2.88.